The Kier molecular flexibility index (Phi) is 2.88. The number of rotatable bonds is 1. The zero-order valence-electron chi connectivity index (χ0n) is 8.72. The van der Waals surface area contributed by atoms with Crippen LogP contribution >= 0.6 is 11.6 Å². The minimum absolute atomic E-state index is 0.183. The molecule has 1 heterocycles. The normalized spacial score (nSPS) is 23.0. The van der Waals surface area contributed by atoms with E-state index in [4.69, 9.17) is 17.3 Å². The highest BCUT2D eigenvalue weighted by Crippen LogP contribution is 2.41. The van der Waals surface area contributed by atoms with Crippen LogP contribution in [-0.2, 0) is 5.54 Å². The average molecular weight is 247 g/mol. The van der Waals surface area contributed by atoms with Crippen molar-refractivity contribution in [3.8, 4) is 0 Å². The number of aromatic nitrogens is 1. The first-order valence-electron chi connectivity index (χ1n) is 5.20. The van der Waals surface area contributed by atoms with Gasteiger partial charge in [0.2, 0.25) is 5.92 Å². The lowest BCUT2D eigenvalue weighted by molar-refractivity contribution is -0.0519. The molecule has 5 heteroatoms. The van der Waals surface area contributed by atoms with Gasteiger partial charge in [0, 0.05) is 24.1 Å². The quantitative estimate of drug-likeness (QED) is 0.827. The molecule has 0 aliphatic heterocycles. The van der Waals surface area contributed by atoms with Crippen LogP contribution < -0.4 is 5.73 Å². The fourth-order valence-corrected chi connectivity index (χ4v) is 2.15. The van der Waals surface area contributed by atoms with Crippen LogP contribution in [0, 0.1) is 0 Å². The van der Waals surface area contributed by atoms with Crippen molar-refractivity contribution in [2.75, 3.05) is 0 Å². The van der Waals surface area contributed by atoms with E-state index in [2.05, 4.69) is 4.98 Å². The number of hydrogen-bond donors (Lipinski definition) is 1. The molecule has 0 spiro atoms. The Hall–Kier alpha value is -0.740. The molecule has 1 fully saturated rings. The molecule has 1 aliphatic carbocycles. The van der Waals surface area contributed by atoms with Crippen LogP contribution in [0.25, 0.3) is 0 Å². The van der Waals surface area contributed by atoms with Gasteiger partial charge in [0.25, 0.3) is 0 Å². The molecule has 1 aliphatic rings. The van der Waals surface area contributed by atoms with Gasteiger partial charge in [-0.25, -0.2) is 8.78 Å². The van der Waals surface area contributed by atoms with Gasteiger partial charge in [0.15, 0.2) is 0 Å². The standard InChI is InChI=1S/C11H13ClF2N2/c12-8-1-6-16-9(7-8)10(15)2-4-11(13,14)5-3-10/h1,6-7H,2-5,15H2. The molecule has 0 radical (unpaired) electrons. The molecule has 2 N–H and O–H groups in total. The van der Waals surface area contributed by atoms with Gasteiger partial charge in [-0.05, 0) is 25.0 Å². The Labute approximate surface area is 97.8 Å². The summed E-state index contributed by atoms with van der Waals surface area (Å²) in [5, 5.41) is 0.534. The maximum atomic E-state index is 13.0. The molecule has 0 unspecified atom stereocenters. The molecule has 0 saturated heterocycles. The van der Waals surface area contributed by atoms with Gasteiger partial charge < -0.3 is 5.73 Å². The number of nitrogens with zero attached hydrogens (tertiary/aromatic N) is 1. The molecule has 1 aromatic rings. The number of hydrogen-bond acceptors (Lipinski definition) is 2. The molecule has 0 atom stereocenters. The van der Waals surface area contributed by atoms with E-state index in [1.165, 1.54) is 0 Å². The predicted octanol–water partition coefficient (Wildman–Crippen LogP) is 3.10. The molecule has 88 valence electrons. The van der Waals surface area contributed by atoms with Crippen LogP contribution in [0.1, 0.15) is 31.4 Å². The van der Waals surface area contributed by atoms with E-state index in [-0.39, 0.29) is 25.7 Å². The van der Waals surface area contributed by atoms with E-state index < -0.39 is 11.5 Å². The summed E-state index contributed by atoms with van der Waals surface area (Å²) >= 11 is 5.84. The Balaban J connectivity index is 2.21. The maximum absolute atomic E-state index is 13.0. The molecular weight excluding hydrogens is 234 g/mol. The van der Waals surface area contributed by atoms with Crippen molar-refractivity contribution in [1.82, 2.24) is 4.98 Å². The fraction of sp³-hybridized carbons (Fsp3) is 0.545. The van der Waals surface area contributed by atoms with Crippen molar-refractivity contribution in [3.05, 3.63) is 29.0 Å². The summed E-state index contributed by atoms with van der Waals surface area (Å²) in [4.78, 5) is 4.13. The first-order chi connectivity index (χ1) is 7.41. The first-order valence-corrected chi connectivity index (χ1v) is 5.58. The Morgan fingerprint density at radius 1 is 1.25 bits per heavy atom. The Morgan fingerprint density at radius 3 is 2.44 bits per heavy atom. The average Bonchev–Trinajstić information content (AvgIpc) is 2.23. The number of pyridine rings is 1. The third-order valence-electron chi connectivity index (χ3n) is 3.11. The highest BCUT2D eigenvalue weighted by Gasteiger charge is 2.42. The molecular formula is C11H13ClF2N2. The molecule has 1 aromatic heterocycles. The summed E-state index contributed by atoms with van der Waals surface area (Å²) < 4.78 is 26.1. The minimum atomic E-state index is -2.58. The van der Waals surface area contributed by atoms with Crippen molar-refractivity contribution in [3.63, 3.8) is 0 Å². The monoisotopic (exact) mass is 246 g/mol. The summed E-state index contributed by atoms with van der Waals surface area (Å²) in [5.41, 5.74) is 5.97. The lowest BCUT2D eigenvalue weighted by atomic mass is 9.78. The molecule has 1 saturated carbocycles. The van der Waals surface area contributed by atoms with Crippen molar-refractivity contribution in [2.24, 2.45) is 5.73 Å². The van der Waals surface area contributed by atoms with Crippen molar-refractivity contribution in [1.29, 1.82) is 0 Å². The molecule has 0 aromatic carbocycles. The molecule has 2 rings (SSSR count). The second kappa shape index (κ2) is 3.93. The van der Waals surface area contributed by atoms with Gasteiger partial charge in [0.1, 0.15) is 0 Å². The van der Waals surface area contributed by atoms with Crippen molar-refractivity contribution in [2.45, 2.75) is 37.1 Å². The van der Waals surface area contributed by atoms with Crippen LogP contribution in [-0.4, -0.2) is 10.9 Å². The summed E-state index contributed by atoms with van der Waals surface area (Å²) in [6.07, 6.45) is 1.68. The van der Waals surface area contributed by atoms with Gasteiger partial charge in [-0.2, -0.15) is 0 Å². The van der Waals surface area contributed by atoms with Crippen LogP contribution in [0.3, 0.4) is 0 Å². The van der Waals surface area contributed by atoms with Gasteiger partial charge >= 0.3 is 0 Å². The van der Waals surface area contributed by atoms with Crippen LogP contribution in [0.4, 0.5) is 8.78 Å². The van der Waals surface area contributed by atoms with Crippen LogP contribution in [0.5, 0.6) is 0 Å². The van der Waals surface area contributed by atoms with E-state index in [9.17, 15) is 8.78 Å². The van der Waals surface area contributed by atoms with Crippen molar-refractivity contribution < 1.29 is 8.78 Å². The van der Waals surface area contributed by atoms with Crippen LogP contribution in [0.15, 0.2) is 18.3 Å². The van der Waals surface area contributed by atoms with E-state index in [1.54, 1.807) is 18.3 Å². The zero-order valence-corrected chi connectivity index (χ0v) is 9.47. The third kappa shape index (κ3) is 2.33. The number of alkyl halides is 2. The Bertz CT molecular complexity index is 385. The van der Waals surface area contributed by atoms with E-state index in [0.29, 0.717) is 10.7 Å². The van der Waals surface area contributed by atoms with Gasteiger partial charge in [-0.15, -0.1) is 0 Å². The summed E-state index contributed by atoms with van der Waals surface area (Å²) in [6, 6.07) is 3.30. The third-order valence-corrected chi connectivity index (χ3v) is 3.34. The lowest BCUT2D eigenvalue weighted by Crippen LogP contribution is -2.44. The highest BCUT2D eigenvalue weighted by molar-refractivity contribution is 6.30. The van der Waals surface area contributed by atoms with Gasteiger partial charge in [0.05, 0.1) is 11.2 Å². The molecule has 2 nitrogen and oxygen atoms in total. The largest absolute Gasteiger partial charge is 0.320 e. The number of nitrogens with two attached hydrogens (primary N) is 1. The van der Waals surface area contributed by atoms with Crippen molar-refractivity contribution >= 4 is 11.6 Å². The second-order valence-corrected chi connectivity index (χ2v) is 4.81. The summed E-state index contributed by atoms with van der Waals surface area (Å²) in [5.74, 6) is -2.58. The highest BCUT2D eigenvalue weighted by atomic mass is 35.5. The molecule has 16 heavy (non-hydrogen) atoms. The smallest absolute Gasteiger partial charge is 0.248 e. The van der Waals surface area contributed by atoms with Gasteiger partial charge in [-0.1, -0.05) is 11.6 Å². The predicted molar refractivity (Wildman–Crippen MR) is 58.5 cm³/mol. The molecule has 0 bridgehead atoms. The number of halogens is 3. The van der Waals surface area contributed by atoms with Gasteiger partial charge in [-0.3, -0.25) is 4.98 Å². The fourth-order valence-electron chi connectivity index (χ4n) is 2.00. The topological polar surface area (TPSA) is 38.9 Å². The Morgan fingerprint density at radius 2 is 1.88 bits per heavy atom. The van der Waals surface area contributed by atoms with E-state index >= 15 is 0 Å². The van der Waals surface area contributed by atoms with E-state index in [0.717, 1.165) is 0 Å². The second-order valence-electron chi connectivity index (χ2n) is 4.37. The SMILES string of the molecule is NC1(c2cc(Cl)ccn2)CCC(F)(F)CC1. The van der Waals surface area contributed by atoms with E-state index in [1.807, 2.05) is 0 Å². The van der Waals surface area contributed by atoms with Crippen LogP contribution in [0.2, 0.25) is 5.02 Å². The first kappa shape index (κ1) is 11.7. The molecule has 0 amide bonds. The maximum Gasteiger partial charge on any atom is 0.248 e. The summed E-state index contributed by atoms with van der Waals surface area (Å²) in [7, 11) is 0. The zero-order chi connectivity index (χ0) is 11.8. The summed E-state index contributed by atoms with van der Waals surface area (Å²) in [6.45, 7) is 0. The minimum Gasteiger partial charge on any atom is -0.320 e. The lowest BCUT2D eigenvalue weighted by Gasteiger charge is -2.36.